The van der Waals surface area contributed by atoms with Gasteiger partial charge in [0.1, 0.15) is 0 Å². The van der Waals surface area contributed by atoms with E-state index in [0.717, 1.165) is 6.54 Å². The first-order valence-electron chi connectivity index (χ1n) is 4.61. The van der Waals surface area contributed by atoms with Gasteiger partial charge >= 0.3 is 0 Å². The molecule has 1 aromatic rings. The molecule has 4 N–H and O–H groups in total. The van der Waals surface area contributed by atoms with Gasteiger partial charge in [-0.1, -0.05) is 42.5 Å². The number of hydrogen-bond acceptors (Lipinski definition) is 3. The van der Waals surface area contributed by atoms with Crippen molar-refractivity contribution in [2.75, 3.05) is 6.54 Å². The van der Waals surface area contributed by atoms with Crippen LogP contribution in [0, 0.1) is 0 Å². The van der Waals surface area contributed by atoms with E-state index >= 15 is 0 Å². The van der Waals surface area contributed by atoms with E-state index in [0.29, 0.717) is 10.9 Å². The van der Waals surface area contributed by atoms with Gasteiger partial charge in [-0.15, -0.1) is 0 Å². The molecule has 4 heteroatoms. The van der Waals surface area contributed by atoms with Crippen LogP contribution >= 0.6 is 12.2 Å². The van der Waals surface area contributed by atoms with E-state index in [9.17, 15) is 0 Å². The van der Waals surface area contributed by atoms with Crippen molar-refractivity contribution in [3.8, 4) is 0 Å². The number of thiocarbonyl (C=S) groups is 1. The largest absolute Gasteiger partial charge is 0.392 e. The van der Waals surface area contributed by atoms with E-state index in [1.807, 2.05) is 18.2 Å². The molecule has 0 amide bonds. The highest BCUT2D eigenvalue weighted by atomic mass is 32.1. The molecule has 0 aromatic heterocycles. The minimum atomic E-state index is 0.0624. The molecule has 1 heterocycles. The Bertz CT molecular complexity index is 325. The predicted molar refractivity (Wildman–Crippen MR) is 60.9 cm³/mol. The Labute approximate surface area is 88.7 Å². The summed E-state index contributed by atoms with van der Waals surface area (Å²) in [6, 6.07) is 10.3. The summed E-state index contributed by atoms with van der Waals surface area (Å²) in [6.07, 6.45) is 0. The lowest BCUT2D eigenvalue weighted by molar-refractivity contribution is 0.641. The van der Waals surface area contributed by atoms with Crippen LogP contribution in [0.2, 0.25) is 0 Å². The second kappa shape index (κ2) is 4.04. The number of rotatable bonds is 2. The summed E-state index contributed by atoms with van der Waals surface area (Å²) in [7, 11) is 0. The first-order valence-corrected chi connectivity index (χ1v) is 5.02. The maximum absolute atomic E-state index is 5.65. The normalized spacial score (nSPS) is 26.3. The highest BCUT2D eigenvalue weighted by Gasteiger charge is 2.29. The third kappa shape index (κ3) is 1.77. The molecule has 74 valence electrons. The molecule has 0 bridgehead atoms. The second-order valence-electron chi connectivity index (χ2n) is 3.42. The summed E-state index contributed by atoms with van der Waals surface area (Å²) in [5, 5.41) is 0. The summed E-state index contributed by atoms with van der Waals surface area (Å²) in [5.41, 5.74) is 13.1. The Morgan fingerprint density at radius 1 is 1.36 bits per heavy atom. The molecule has 0 radical (unpaired) electrons. The molecular formula is C10H13N3S. The van der Waals surface area contributed by atoms with Gasteiger partial charge in [0, 0.05) is 12.5 Å². The maximum Gasteiger partial charge on any atom is 0.0920 e. The lowest BCUT2D eigenvalue weighted by Gasteiger charge is -2.16. The topological polar surface area (TPSA) is 50.1 Å². The molecule has 0 aliphatic carbocycles. The molecule has 0 saturated carbocycles. The van der Waals surface area contributed by atoms with Crippen molar-refractivity contribution in [2.24, 2.45) is 5.73 Å². The molecule has 2 atom stereocenters. The molecule has 1 aromatic carbocycles. The van der Waals surface area contributed by atoms with Gasteiger partial charge in [-0.3, -0.25) is 5.43 Å². The fraction of sp³-hybridized carbons (Fsp3) is 0.300. The van der Waals surface area contributed by atoms with Gasteiger partial charge in [0.05, 0.1) is 11.0 Å². The van der Waals surface area contributed by atoms with E-state index in [1.165, 1.54) is 5.56 Å². The molecule has 1 saturated heterocycles. The molecule has 0 spiro atoms. The van der Waals surface area contributed by atoms with E-state index in [2.05, 4.69) is 23.0 Å². The fourth-order valence-electron chi connectivity index (χ4n) is 1.78. The van der Waals surface area contributed by atoms with Crippen molar-refractivity contribution in [1.82, 2.24) is 10.9 Å². The number of hydrazine groups is 1. The van der Waals surface area contributed by atoms with Crippen LogP contribution in [0.4, 0.5) is 0 Å². The second-order valence-corrected chi connectivity index (χ2v) is 3.89. The van der Waals surface area contributed by atoms with Crippen LogP contribution in [-0.4, -0.2) is 17.6 Å². The minimum Gasteiger partial charge on any atom is -0.392 e. The summed E-state index contributed by atoms with van der Waals surface area (Å²) < 4.78 is 0. The molecule has 2 rings (SSSR count). The van der Waals surface area contributed by atoms with E-state index in [1.54, 1.807) is 0 Å². The van der Waals surface area contributed by atoms with Gasteiger partial charge in [-0.25, -0.2) is 5.43 Å². The molecule has 14 heavy (non-hydrogen) atoms. The minimum absolute atomic E-state index is 0.0624. The average molecular weight is 207 g/mol. The first-order chi connectivity index (χ1) is 6.79. The van der Waals surface area contributed by atoms with Crippen LogP contribution in [0.1, 0.15) is 11.5 Å². The highest BCUT2D eigenvalue weighted by molar-refractivity contribution is 7.80. The Hall–Kier alpha value is -0.970. The number of nitrogens with one attached hydrogen (secondary N) is 2. The summed E-state index contributed by atoms with van der Waals surface area (Å²) in [4.78, 5) is 0.517. The van der Waals surface area contributed by atoms with Crippen molar-refractivity contribution in [3.05, 3.63) is 35.9 Å². The predicted octanol–water partition coefficient (Wildman–Crippen LogP) is 0.533. The van der Waals surface area contributed by atoms with Crippen LogP contribution < -0.4 is 16.6 Å². The van der Waals surface area contributed by atoms with Crippen molar-refractivity contribution in [2.45, 2.75) is 12.0 Å². The zero-order chi connectivity index (χ0) is 9.97. The van der Waals surface area contributed by atoms with E-state index < -0.39 is 0 Å². The first kappa shape index (κ1) is 9.58. The van der Waals surface area contributed by atoms with Crippen LogP contribution in [0.5, 0.6) is 0 Å². The van der Waals surface area contributed by atoms with Gasteiger partial charge in [-0.05, 0) is 5.56 Å². The van der Waals surface area contributed by atoms with E-state index in [4.69, 9.17) is 18.0 Å². The quantitative estimate of drug-likeness (QED) is 0.619. The monoisotopic (exact) mass is 207 g/mol. The molecule has 1 aliphatic rings. The van der Waals surface area contributed by atoms with Crippen molar-refractivity contribution < 1.29 is 0 Å². The summed E-state index contributed by atoms with van der Waals surface area (Å²) in [6.45, 7) is 0.867. The van der Waals surface area contributed by atoms with Crippen LogP contribution in [0.3, 0.4) is 0 Å². The Balaban J connectivity index is 2.22. The Morgan fingerprint density at radius 3 is 2.71 bits per heavy atom. The maximum atomic E-state index is 5.65. The van der Waals surface area contributed by atoms with Crippen molar-refractivity contribution in [3.63, 3.8) is 0 Å². The standard InChI is InChI=1S/C10H13N3S/c11-10(14)9-8(6-12-13-9)7-4-2-1-3-5-7/h1-5,8-9,12-13H,6H2,(H2,11,14). The summed E-state index contributed by atoms with van der Waals surface area (Å²) >= 11 is 5.01. The summed E-state index contributed by atoms with van der Waals surface area (Å²) in [5.74, 6) is 0.341. The van der Waals surface area contributed by atoms with Crippen molar-refractivity contribution in [1.29, 1.82) is 0 Å². The Kier molecular flexibility index (Phi) is 2.77. The lowest BCUT2D eigenvalue weighted by atomic mass is 9.93. The lowest BCUT2D eigenvalue weighted by Crippen LogP contribution is -2.41. The van der Waals surface area contributed by atoms with Crippen LogP contribution in [0.15, 0.2) is 30.3 Å². The van der Waals surface area contributed by atoms with Gasteiger partial charge in [0.2, 0.25) is 0 Å². The third-order valence-electron chi connectivity index (χ3n) is 2.52. The molecular weight excluding hydrogens is 194 g/mol. The number of benzene rings is 1. The fourth-order valence-corrected chi connectivity index (χ4v) is 2.00. The van der Waals surface area contributed by atoms with Gasteiger partial charge < -0.3 is 5.73 Å². The van der Waals surface area contributed by atoms with Crippen LogP contribution in [-0.2, 0) is 0 Å². The Morgan fingerprint density at radius 2 is 2.07 bits per heavy atom. The molecule has 3 nitrogen and oxygen atoms in total. The highest BCUT2D eigenvalue weighted by Crippen LogP contribution is 2.21. The average Bonchev–Trinajstić information content (AvgIpc) is 2.67. The smallest absolute Gasteiger partial charge is 0.0920 e. The molecule has 1 fully saturated rings. The van der Waals surface area contributed by atoms with Gasteiger partial charge in [0.25, 0.3) is 0 Å². The number of hydrogen-bond donors (Lipinski definition) is 3. The zero-order valence-corrected chi connectivity index (χ0v) is 8.55. The van der Waals surface area contributed by atoms with E-state index in [-0.39, 0.29) is 6.04 Å². The third-order valence-corrected chi connectivity index (χ3v) is 2.77. The number of nitrogens with two attached hydrogens (primary N) is 1. The van der Waals surface area contributed by atoms with Gasteiger partial charge in [0.15, 0.2) is 0 Å². The molecule has 2 unspecified atom stereocenters. The van der Waals surface area contributed by atoms with Crippen molar-refractivity contribution >= 4 is 17.2 Å². The SMILES string of the molecule is NC(=S)C1NNCC1c1ccccc1. The molecule has 1 aliphatic heterocycles. The van der Waals surface area contributed by atoms with Crippen LogP contribution in [0.25, 0.3) is 0 Å². The van der Waals surface area contributed by atoms with Gasteiger partial charge in [-0.2, -0.15) is 0 Å². The zero-order valence-electron chi connectivity index (χ0n) is 7.73.